The number of rotatable bonds is 9. The fraction of sp³-hybridized carbons (Fsp3) is 0.286. The molecule has 31 heavy (non-hydrogen) atoms. The van der Waals surface area contributed by atoms with Crippen LogP contribution in [0.15, 0.2) is 48.5 Å². The zero-order valence-corrected chi connectivity index (χ0v) is 18.1. The molecule has 160 valence electrons. The van der Waals surface area contributed by atoms with Gasteiger partial charge in [-0.25, -0.2) is 4.98 Å². The topological polar surface area (TPSA) is 111 Å². The standard InChI is InChI=1S/C21H23N7O2S/c1-28-26-20(25-27-28)14-7-9-15(10-8-14)30-13-19(29)22-18(11-12-31-2)21-23-16-5-3-4-6-17(16)24-21/h3-10,18H,11-13H2,1-2H3,(H,22,29)(H,23,24)/t18-/m0/s1. The summed E-state index contributed by atoms with van der Waals surface area (Å²) in [5.41, 5.74) is 2.66. The maximum absolute atomic E-state index is 12.6. The Kier molecular flexibility index (Phi) is 6.46. The van der Waals surface area contributed by atoms with Crippen molar-refractivity contribution in [1.29, 1.82) is 0 Å². The van der Waals surface area contributed by atoms with E-state index in [0.717, 1.165) is 34.6 Å². The van der Waals surface area contributed by atoms with Crippen molar-refractivity contribution in [3.8, 4) is 17.1 Å². The van der Waals surface area contributed by atoms with Crippen LogP contribution < -0.4 is 10.1 Å². The van der Waals surface area contributed by atoms with Crippen molar-refractivity contribution in [2.75, 3.05) is 18.6 Å². The Morgan fingerprint density at radius 1 is 1.23 bits per heavy atom. The van der Waals surface area contributed by atoms with Crippen molar-refractivity contribution in [2.24, 2.45) is 7.05 Å². The first kappa shape index (κ1) is 20.9. The minimum atomic E-state index is -0.207. The molecule has 0 radical (unpaired) electrons. The van der Waals surface area contributed by atoms with Crippen LogP contribution in [-0.2, 0) is 11.8 Å². The highest BCUT2D eigenvalue weighted by molar-refractivity contribution is 7.98. The molecule has 0 saturated heterocycles. The van der Waals surface area contributed by atoms with Gasteiger partial charge < -0.3 is 15.0 Å². The van der Waals surface area contributed by atoms with E-state index < -0.39 is 0 Å². The number of hydrogen-bond donors (Lipinski definition) is 2. The Labute approximate surface area is 183 Å². The fourth-order valence-corrected chi connectivity index (χ4v) is 3.61. The van der Waals surface area contributed by atoms with E-state index in [1.165, 1.54) is 4.80 Å². The summed E-state index contributed by atoms with van der Waals surface area (Å²) in [5, 5.41) is 15.0. The number of carbonyl (C=O) groups excluding carboxylic acids is 1. The van der Waals surface area contributed by atoms with Gasteiger partial charge in [0.15, 0.2) is 6.61 Å². The molecule has 2 N–H and O–H groups in total. The average Bonchev–Trinajstić information content (AvgIpc) is 3.41. The Bertz CT molecular complexity index is 1120. The number of nitrogens with one attached hydrogen (secondary N) is 2. The number of aromatic nitrogens is 6. The molecule has 2 aromatic carbocycles. The zero-order valence-electron chi connectivity index (χ0n) is 17.3. The van der Waals surface area contributed by atoms with E-state index in [2.05, 4.69) is 30.7 Å². The highest BCUT2D eigenvalue weighted by atomic mass is 32.2. The third-order valence-electron chi connectivity index (χ3n) is 4.67. The SMILES string of the molecule is CSCC[C@H](NC(=O)COc1ccc(-c2nnn(C)n2)cc1)c1nc2ccccc2[nH]1. The largest absolute Gasteiger partial charge is 0.484 e. The fourth-order valence-electron chi connectivity index (χ4n) is 3.14. The average molecular weight is 438 g/mol. The Balaban J connectivity index is 1.37. The Morgan fingerprint density at radius 3 is 2.74 bits per heavy atom. The molecular formula is C21H23N7O2S. The number of ether oxygens (including phenoxy) is 1. The van der Waals surface area contributed by atoms with Crippen molar-refractivity contribution < 1.29 is 9.53 Å². The van der Waals surface area contributed by atoms with Gasteiger partial charge in [0.1, 0.15) is 11.6 Å². The summed E-state index contributed by atoms with van der Waals surface area (Å²) >= 11 is 1.73. The molecule has 0 aliphatic rings. The number of nitrogens with zero attached hydrogens (tertiary/aromatic N) is 5. The van der Waals surface area contributed by atoms with Gasteiger partial charge in [-0.15, -0.1) is 10.2 Å². The molecule has 4 aromatic rings. The van der Waals surface area contributed by atoms with Crippen molar-refractivity contribution in [3.63, 3.8) is 0 Å². The highest BCUT2D eigenvalue weighted by Crippen LogP contribution is 2.21. The summed E-state index contributed by atoms with van der Waals surface area (Å²) in [6.45, 7) is -0.0846. The first-order valence-electron chi connectivity index (χ1n) is 9.82. The molecule has 0 bridgehead atoms. The number of H-pyrrole nitrogens is 1. The highest BCUT2D eigenvalue weighted by Gasteiger charge is 2.18. The predicted molar refractivity (Wildman–Crippen MR) is 120 cm³/mol. The number of benzene rings is 2. The van der Waals surface area contributed by atoms with Crippen LogP contribution in [0.5, 0.6) is 5.75 Å². The normalized spacial score (nSPS) is 12.1. The molecule has 1 amide bonds. The molecule has 4 rings (SSSR count). The summed E-state index contributed by atoms with van der Waals surface area (Å²) in [7, 11) is 1.71. The number of aryl methyl sites for hydroxylation is 1. The minimum Gasteiger partial charge on any atom is -0.484 e. The first-order valence-corrected chi connectivity index (χ1v) is 11.2. The molecule has 2 aromatic heterocycles. The van der Waals surface area contributed by atoms with Crippen LogP contribution in [0.4, 0.5) is 0 Å². The summed E-state index contributed by atoms with van der Waals surface area (Å²) in [6.07, 6.45) is 2.81. The van der Waals surface area contributed by atoms with E-state index in [-0.39, 0.29) is 18.6 Å². The Morgan fingerprint density at radius 2 is 2.03 bits per heavy atom. The van der Waals surface area contributed by atoms with Crippen molar-refractivity contribution in [2.45, 2.75) is 12.5 Å². The van der Waals surface area contributed by atoms with Crippen LogP contribution in [-0.4, -0.2) is 54.7 Å². The second-order valence-corrected chi connectivity index (χ2v) is 7.94. The van der Waals surface area contributed by atoms with Crippen molar-refractivity contribution >= 4 is 28.7 Å². The molecule has 0 spiro atoms. The van der Waals surface area contributed by atoms with E-state index >= 15 is 0 Å². The molecule has 0 aliphatic carbocycles. The van der Waals surface area contributed by atoms with Crippen LogP contribution in [0.2, 0.25) is 0 Å². The lowest BCUT2D eigenvalue weighted by atomic mass is 10.2. The van der Waals surface area contributed by atoms with E-state index in [4.69, 9.17) is 4.74 Å². The number of fused-ring (bicyclic) bond motifs is 1. The summed E-state index contributed by atoms with van der Waals surface area (Å²) in [6, 6.07) is 14.9. The van der Waals surface area contributed by atoms with Crippen LogP contribution in [0.25, 0.3) is 22.4 Å². The van der Waals surface area contributed by atoms with E-state index in [1.54, 1.807) is 30.9 Å². The molecule has 1 atom stereocenters. The number of amides is 1. The maximum Gasteiger partial charge on any atom is 0.258 e. The lowest BCUT2D eigenvalue weighted by Crippen LogP contribution is -2.33. The molecule has 2 heterocycles. The molecule has 0 unspecified atom stereocenters. The monoisotopic (exact) mass is 437 g/mol. The van der Waals surface area contributed by atoms with Gasteiger partial charge in [0.05, 0.1) is 24.1 Å². The number of tetrazole rings is 1. The van der Waals surface area contributed by atoms with Crippen molar-refractivity contribution in [1.82, 2.24) is 35.5 Å². The molecule has 0 fully saturated rings. The van der Waals surface area contributed by atoms with Crippen LogP contribution >= 0.6 is 11.8 Å². The molecular weight excluding hydrogens is 414 g/mol. The van der Waals surface area contributed by atoms with Gasteiger partial charge in [0, 0.05) is 5.56 Å². The predicted octanol–water partition coefficient (Wildman–Crippen LogP) is 2.74. The lowest BCUT2D eigenvalue weighted by molar-refractivity contribution is -0.123. The van der Waals surface area contributed by atoms with E-state index in [1.807, 2.05) is 42.7 Å². The number of carbonyl (C=O) groups is 1. The van der Waals surface area contributed by atoms with E-state index in [9.17, 15) is 4.79 Å². The van der Waals surface area contributed by atoms with Gasteiger partial charge in [-0.1, -0.05) is 12.1 Å². The zero-order chi connectivity index (χ0) is 21.6. The molecule has 0 saturated carbocycles. The van der Waals surface area contributed by atoms with Gasteiger partial charge in [0.25, 0.3) is 5.91 Å². The maximum atomic E-state index is 12.6. The number of para-hydroxylation sites is 2. The molecule has 10 heteroatoms. The summed E-state index contributed by atoms with van der Waals surface area (Å²) < 4.78 is 5.65. The van der Waals surface area contributed by atoms with Gasteiger partial charge >= 0.3 is 0 Å². The molecule has 0 aliphatic heterocycles. The van der Waals surface area contributed by atoms with Gasteiger partial charge in [-0.3, -0.25) is 4.79 Å². The van der Waals surface area contributed by atoms with Crippen LogP contribution in [0.1, 0.15) is 18.3 Å². The number of imidazole rings is 1. The quantitative estimate of drug-likeness (QED) is 0.414. The second-order valence-electron chi connectivity index (χ2n) is 6.96. The summed E-state index contributed by atoms with van der Waals surface area (Å²) in [4.78, 5) is 21.9. The number of thioether (sulfide) groups is 1. The minimum absolute atomic E-state index is 0.0846. The number of aromatic amines is 1. The third-order valence-corrected chi connectivity index (χ3v) is 5.32. The first-order chi connectivity index (χ1) is 15.1. The number of hydrogen-bond acceptors (Lipinski definition) is 7. The Hall–Kier alpha value is -3.40. The summed E-state index contributed by atoms with van der Waals surface area (Å²) in [5.74, 6) is 2.58. The van der Waals surface area contributed by atoms with Crippen LogP contribution in [0, 0.1) is 0 Å². The second kappa shape index (κ2) is 9.61. The van der Waals surface area contributed by atoms with Gasteiger partial charge in [-0.2, -0.15) is 16.6 Å². The smallest absolute Gasteiger partial charge is 0.258 e. The van der Waals surface area contributed by atoms with E-state index in [0.29, 0.717) is 11.6 Å². The molecule has 9 nitrogen and oxygen atoms in total. The lowest BCUT2D eigenvalue weighted by Gasteiger charge is -2.16. The van der Waals surface area contributed by atoms with Crippen LogP contribution in [0.3, 0.4) is 0 Å². The van der Waals surface area contributed by atoms with Crippen molar-refractivity contribution in [3.05, 3.63) is 54.4 Å². The van der Waals surface area contributed by atoms with Gasteiger partial charge in [0.2, 0.25) is 5.82 Å². The van der Waals surface area contributed by atoms with Gasteiger partial charge in [-0.05, 0) is 60.0 Å². The third kappa shape index (κ3) is 5.21.